The highest BCUT2D eigenvalue weighted by Gasteiger charge is 2.32. The van der Waals surface area contributed by atoms with Gasteiger partial charge in [0, 0.05) is 31.7 Å². The van der Waals surface area contributed by atoms with Gasteiger partial charge in [0.2, 0.25) is 5.91 Å². The van der Waals surface area contributed by atoms with Gasteiger partial charge in [-0.15, -0.1) is 0 Å². The van der Waals surface area contributed by atoms with E-state index >= 15 is 0 Å². The van der Waals surface area contributed by atoms with Crippen molar-refractivity contribution in [3.63, 3.8) is 0 Å². The molecule has 0 radical (unpaired) electrons. The topological polar surface area (TPSA) is 59.1 Å². The van der Waals surface area contributed by atoms with Crippen LogP contribution in [0.15, 0.2) is 24.3 Å². The molecule has 2 aliphatic rings. The molecular weight excluding hydrogens is 308 g/mol. The lowest BCUT2D eigenvalue weighted by atomic mass is 9.95. The predicted octanol–water partition coefficient (Wildman–Crippen LogP) is 1.41. The van der Waals surface area contributed by atoms with E-state index in [0.29, 0.717) is 45.0 Å². The summed E-state index contributed by atoms with van der Waals surface area (Å²) in [4.78, 5) is 29.0. The number of rotatable bonds is 3. The van der Waals surface area contributed by atoms with Crippen LogP contribution in [0.2, 0.25) is 0 Å². The van der Waals surface area contributed by atoms with Gasteiger partial charge in [0.15, 0.2) is 0 Å². The lowest BCUT2D eigenvalue weighted by Crippen LogP contribution is -2.49. The van der Waals surface area contributed by atoms with E-state index in [1.54, 1.807) is 36.3 Å². The standard InChI is InChI=1S/C18H24N2O4/c1-23-16-6-4-14(5-7-16)17(21)20-8-2-3-15(13-20)18(22)19-9-11-24-12-10-19/h4-7,15H,2-3,8-13H2,1H3/t15-/m1/s1. The molecule has 130 valence electrons. The number of carbonyl (C=O) groups excluding carboxylic acids is 2. The van der Waals surface area contributed by atoms with Crippen LogP contribution in [0.25, 0.3) is 0 Å². The van der Waals surface area contributed by atoms with E-state index in [1.165, 1.54) is 0 Å². The third-order valence-corrected chi connectivity index (χ3v) is 4.72. The Hall–Kier alpha value is -2.08. The summed E-state index contributed by atoms with van der Waals surface area (Å²) < 4.78 is 10.4. The lowest BCUT2D eigenvalue weighted by Gasteiger charge is -2.36. The number of hydrogen-bond donors (Lipinski definition) is 0. The zero-order valence-corrected chi connectivity index (χ0v) is 14.1. The molecule has 1 aromatic carbocycles. The molecule has 0 unspecified atom stereocenters. The molecule has 0 aromatic heterocycles. The number of likely N-dealkylation sites (tertiary alicyclic amines) is 1. The summed E-state index contributed by atoms with van der Waals surface area (Å²) in [5, 5.41) is 0. The van der Waals surface area contributed by atoms with Crippen LogP contribution in [-0.4, -0.2) is 68.1 Å². The van der Waals surface area contributed by atoms with E-state index in [2.05, 4.69) is 0 Å². The normalized spacial score (nSPS) is 21.5. The molecule has 1 aromatic rings. The number of nitrogens with zero attached hydrogens (tertiary/aromatic N) is 2. The van der Waals surface area contributed by atoms with E-state index in [9.17, 15) is 9.59 Å². The van der Waals surface area contributed by atoms with Gasteiger partial charge in [-0.1, -0.05) is 0 Å². The average molecular weight is 332 g/mol. The Kier molecular flexibility index (Phi) is 5.35. The van der Waals surface area contributed by atoms with Crippen LogP contribution in [0.4, 0.5) is 0 Å². The van der Waals surface area contributed by atoms with Gasteiger partial charge in [-0.05, 0) is 37.1 Å². The summed E-state index contributed by atoms with van der Waals surface area (Å²) >= 11 is 0. The molecule has 0 bridgehead atoms. The molecule has 1 atom stereocenters. The summed E-state index contributed by atoms with van der Waals surface area (Å²) in [7, 11) is 1.60. The quantitative estimate of drug-likeness (QED) is 0.840. The van der Waals surface area contributed by atoms with Crippen molar-refractivity contribution in [1.29, 1.82) is 0 Å². The van der Waals surface area contributed by atoms with Crippen LogP contribution in [0.3, 0.4) is 0 Å². The molecule has 6 nitrogen and oxygen atoms in total. The van der Waals surface area contributed by atoms with Crippen molar-refractivity contribution in [2.45, 2.75) is 12.8 Å². The molecule has 3 rings (SSSR count). The van der Waals surface area contributed by atoms with E-state index in [-0.39, 0.29) is 17.7 Å². The Morgan fingerprint density at radius 3 is 2.46 bits per heavy atom. The maximum Gasteiger partial charge on any atom is 0.253 e. The van der Waals surface area contributed by atoms with Gasteiger partial charge < -0.3 is 19.3 Å². The number of amides is 2. The molecular formula is C18H24N2O4. The summed E-state index contributed by atoms with van der Waals surface area (Å²) in [6, 6.07) is 7.12. The second kappa shape index (κ2) is 7.66. The van der Waals surface area contributed by atoms with Crippen molar-refractivity contribution < 1.29 is 19.1 Å². The summed E-state index contributed by atoms with van der Waals surface area (Å²) in [6.07, 6.45) is 1.71. The molecule has 6 heteroatoms. The molecule has 2 aliphatic heterocycles. The second-order valence-electron chi connectivity index (χ2n) is 6.26. The molecule has 0 spiro atoms. The van der Waals surface area contributed by atoms with E-state index in [1.807, 2.05) is 4.90 Å². The molecule has 0 N–H and O–H groups in total. The van der Waals surface area contributed by atoms with E-state index in [0.717, 1.165) is 18.6 Å². The number of piperidine rings is 1. The first kappa shape index (κ1) is 16.8. The summed E-state index contributed by atoms with van der Waals surface area (Å²) in [5.41, 5.74) is 0.635. The number of hydrogen-bond acceptors (Lipinski definition) is 4. The van der Waals surface area contributed by atoms with Crippen molar-refractivity contribution in [3.8, 4) is 5.75 Å². The Balaban J connectivity index is 1.63. The number of morpholine rings is 1. The highest BCUT2D eigenvalue weighted by Crippen LogP contribution is 2.22. The molecule has 2 heterocycles. The maximum absolute atomic E-state index is 12.7. The summed E-state index contributed by atoms with van der Waals surface area (Å²) in [6.45, 7) is 3.72. The third-order valence-electron chi connectivity index (χ3n) is 4.72. The fourth-order valence-electron chi connectivity index (χ4n) is 3.32. The lowest BCUT2D eigenvalue weighted by molar-refractivity contribution is -0.141. The van der Waals surface area contributed by atoms with Gasteiger partial charge in [0.25, 0.3) is 5.91 Å². The van der Waals surface area contributed by atoms with E-state index in [4.69, 9.17) is 9.47 Å². The van der Waals surface area contributed by atoms with Crippen LogP contribution in [-0.2, 0) is 9.53 Å². The zero-order chi connectivity index (χ0) is 16.9. The van der Waals surface area contributed by atoms with Gasteiger partial charge >= 0.3 is 0 Å². The third kappa shape index (κ3) is 3.70. The fraction of sp³-hybridized carbons (Fsp3) is 0.556. The Morgan fingerprint density at radius 2 is 1.79 bits per heavy atom. The highest BCUT2D eigenvalue weighted by atomic mass is 16.5. The molecule has 0 aliphatic carbocycles. The van der Waals surface area contributed by atoms with Crippen LogP contribution < -0.4 is 4.74 Å². The molecule has 2 fully saturated rings. The molecule has 24 heavy (non-hydrogen) atoms. The number of ether oxygens (including phenoxy) is 2. The van der Waals surface area contributed by atoms with Gasteiger partial charge in [-0.2, -0.15) is 0 Å². The minimum Gasteiger partial charge on any atom is -0.497 e. The first-order valence-electron chi connectivity index (χ1n) is 8.49. The average Bonchev–Trinajstić information content (AvgIpc) is 2.67. The van der Waals surface area contributed by atoms with Crippen LogP contribution in [0.1, 0.15) is 23.2 Å². The van der Waals surface area contributed by atoms with Crippen molar-refractivity contribution in [2.24, 2.45) is 5.92 Å². The van der Waals surface area contributed by atoms with Crippen LogP contribution >= 0.6 is 0 Å². The van der Waals surface area contributed by atoms with Crippen molar-refractivity contribution in [2.75, 3.05) is 46.5 Å². The van der Waals surface area contributed by atoms with Crippen LogP contribution in [0, 0.1) is 5.92 Å². The minimum atomic E-state index is -0.0981. The van der Waals surface area contributed by atoms with Crippen molar-refractivity contribution in [1.82, 2.24) is 9.80 Å². The van der Waals surface area contributed by atoms with Gasteiger partial charge in [0.1, 0.15) is 5.75 Å². The van der Waals surface area contributed by atoms with Crippen molar-refractivity contribution in [3.05, 3.63) is 29.8 Å². The van der Waals surface area contributed by atoms with E-state index < -0.39 is 0 Å². The van der Waals surface area contributed by atoms with Gasteiger partial charge in [-0.25, -0.2) is 0 Å². The van der Waals surface area contributed by atoms with Gasteiger partial charge in [-0.3, -0.25) is 9.59 Å². The smallest absolute Gasteiger partial charge is 0.253 e. The minimum absolute atomic E-state index is 0.0165. The van der Waals surface area contributed by atoms with Crippen molar-refractivity contribution >= 4 is 11.8 Å². The molecule has 2 amide bonds. The Labute approximate surface area is 142 Å². The highest BCUT2D eigenvalue weighted by molar-refractivity contribution is 5.94. The maximum atomic E-state index is 12.7. The van der Waals surface area contributed by atoms with Crippen LogP contribution in [0.5, 0.6) is 5.75 Å². The number of benzene rings is 1. The Morgan fingerprint density at radius 1 is 1.08 bits per heavy atom. The van der Waals surface area contributed by atoms with Gasteiger partial charge in [0.05, 0.1) is 26.2 Å². The largest absolute Gasteiger partial charge is 0.497 e. The monoisotopic (exact) mass is 332 g/mol. The predicted molar refractivity (Wildman–Crippen MR) is 89.0 cm³/mol. The SMILES string of the molecule is COc1ccc(C(=O)N2CCC[C@@H](C(=O)N3CCOCC3)C2)cc1. The summed E-state index contributed by atoms with van der Waals surface area (Å²) in [5.74, 6) is 0.771. The first-order chi connectivity index (χ1) is 11.7. The number of carbonyl (C=O) groups is 2. The Bertz CT molecular complexity index is 581. The fourth-order valence-corrected chi connectivity index (χ4v) is 3.32. The second-order valence-corrected chi connectivity index (χ2v) is 6.26. The molecule has 0 saturated carbocycles. The zero-order valence-electron chi connectivity index (χ0n) is 14.1. The number of methoxy groups -OCH3 is 1. The first-order valence-corrected chi connectivity index (χ1v) is 8.49. The molecule has 2 saturated heterocycles.